The first kappa shape index (κ1) is 51.9. The number of phenolic OH excluding ortho intramolecular Hbond substituents is 1. The van der Waals surface area contributed by atoms with Crippen molar-refractivity contribution in [2.75, 3.05) is 6.61 Å². The van der Waals surface area contributed by atoms with Crippen LogP contribution in [0.25, 0.3) is 0 Å². The molecule has 0 aromatic heterocycles. The van der Waals surface area contributed by atoms with Crippen LogP contribution < -0.4 is 4.74 Å². The van der Waals surface area contributed by atoms with Crippen molar-refractivity contribution in [2.45, 2.75) is 164 Å². The Bertz CT molecular complexity index is 2370. The van der Waals surface area contributed by atoms with Gasteiger partial charge in [0.25, 0.3) is 0 Å². The zero-order valence-corrected chi connectivity index (χ0v) is 43.1. The number of rotatable bonds is 17. The monoisotopic (exact) mass is 936 g/mol. The lowest BCUT2D eigenvalue weighted by atomic mass is 9.66. The molecule has 4 rings (SSSR count). The van der Waals surface area contributed by atoms with Crippen molar-refractivity contribution >= 4 is 55.0 Å². The highest BCUT2D eigenvalue weighted by molar-refractivity contribution is 8.23. The fourth-order valence-corrected chi connectivity index (χ4v) is 11.7. The Balaban J connectivity index is 1.57. The van der Waals surface area contributed by atoms with Crippen LogP contribution in [0.5, 0.6) is 11.5 Å². The molecule has 0 aliphatic heterocycles. The van der Waals surface area contributed by atoms with Gasteiger partial charge in [0, 0.05) is 20.0 Å². The van der Waals surface area contributed by atoms with Gasteiger partial charge in [-0.1, -0.05) is 77.6 Å². The van der Waals surface area contributed by atoms with E-state index in [0.29, 0.717) is 50.9 Å². The van der Waals surface area contributed by atoms with E-state index in [0.717, 1.165) is 11.1 Å². The molecule has 0 heterocycles. The van der Waals surface area contributed by atoms with Gasteiger partial charge in [0.15, 0.2) is 0 Å². The van der Waals surface area contributed by atoms with Crippen molar-refractivity contribution in [3.8, 4) is 11.5 Å². The van der Waals surface area contributed by atoms with Gasteiger partial charge in [-0.25, -0.2) is 12.6 Å². The van der Waals surface area contributed by atoms with E-state index >= 15 is 0 Å². The van der Waals surface area contributed by atoms with Crippen molar-refractivity contribution < 1.29 is 36.7 Å². The molecule has 0 saturated carbocycles. The number of benzene rings is 4. The maximum absolute atomic E-state index is 14.4. The molecule has 0 aliphatic rings. The first-order valence-electron chi connectivity index (χ1n) is 21.4. The molecule has 1 N–H and O–H groups in total. The molecule has 4 aromatic carbocycles. The van der Waals surface area contributed by atoms with Gasteiger partial charge >= 0.3 is 5.97 Å². The number of esters is 1. The van der Waals surface area contributed by atoms with Crippen molar-refractivity contribution in [3.05, 3.63) is 108 Å². The van der Waals surface area contributed by atoms with Gasteiger partial charge in [-0.3, -0.25) is 4.79 Å². The molecule has 4 aromatic rings. The van der Waals surface area contributed by atoms with Crippen LogP contribution in [-0.2, 0) is 46.7 Å². The fourth-order valence-electron chi connectivity index (χ4n) is 7.56. The average molecular weight is 937 g/mol. The second-order valence-corrected chi connectivity index (χ2v) is 25.8. The largest absolute Gasteiger partial charge is 0.508 e. The van der Waals surface area contributed by atoms with Gasteiger partial charge in [-0.05, 0) is 182 Å². The highest BCUT2D eigenvalue weighted by Crippen LogP contribution is 2.52. The molecule has 344 valence electrons. The number of ether oxygens (including phenoxy) is 3. The lowest BCUT2D eigenvalue weighted by Gasteiger charge is -2.46. The molecule has 0 fully saturated rings. The van der Waals surface area contributed by atoms with Crippen LogP contribution in [0.3, 0.4) is 0 Å². The number of carbonyl (C=O) groups is 1. The van der Waals surface area contributed by atoms with E-state index in [-0.39, 0.29) is 21.5 Å². The second-order valence-electron chi connectivity index (χ2n) is 20.2. The maximum Gasteiger partial charge on any atom is 0.313 e. The van der Waals surface area contributed by atoms with Crippen molar-refractivity contribution in [2.24, 2.45) is 10.8 Å². The van der Waals surface area contributed by atoms with Gasteiger partial charge in [0.05, 0.1) is 32.6 Å². The van der Waals surface area contributed by atoms with Crippen LogP contribution in [0.2, 0.25) is 0 Å². The highest BCUT2D eigenvalue weighted by Gasteiger charge is 2.53. The van der Waals surface area contributed by atoms with Crippen LogP contribution in [0.1, 0.15) is 133 Å². The smallest absolute Gasteiger partial charge is 0.313 e. The molecule has 2 atom stereocenters. The number of thiocarbonyl (C=S) groups is 1. The zero-order valence-electron chi connectivity index (χ0n) is 39.8. The summed E-state index contributed by atoms with van der Waals surface area (Å²) in [5.74, 6) is 0.545. The first-order chi connectivity index (χ1) is 28.9. The maximum atomic E-state index is 14.4. The SMILES string of the molecule is CCOC(=S)SC(C)(C)C(C)(CC(C)(C)Cc1cc(O)ccc1S(=O)c1ccc(C(C)(C)C(C)(C)Oc2ccc(S(=O)(=O)c3ccc(C(C)C)cc3)cc2)cc1)C(=O)OC(C)(C)C. The van der Waals surface area contributed by atoms with Gasteiger partial charge < -0.3 is 19.3 Å². The molecular weight excluding hydrogens is 869 g/mol. The lowest BCUT2D eigenvalue weighted by molar-refractivity contribution is -0.170. The Morgan fingerprint density at radius 2 is 1.33 bits per heavy atom. The third-order valence-electron chi connectivity index (χ3n) is 12.2. The molecule has 63 heavy (non-hydrogen) atoms. The summed E-state index contributed by atoms with van der Waals surface area (Å²) < 4.78 is 59.1. The summed E-state index contributed by atoms with van der Waals surface area (Å²) in [6.07, 6.45) is 0.801. The van der Waals surface area contributed by atoms with Crippen molar-refractivity contribution in [3.63, 3.8) is 0 Å². The van der Waals surface area contributed by atoms with Gasteiger partial charge in [-0.2, -0.15) is 0 Å². The summed E-state index contributed by atoms with van der Waals surface area (Å²) in [6, 6.07) is 26.1. The topological polar surface area (TPSA) is 116 Å². The minimum Gasteiger partial charge on any atom is -0.508 e. The van der Waals surface area contributed by atoms with E-state index in [1.54, 1.807) is 54.6 Å². The van der Waals surface area contributed by atoms with Gasteiger partial charge in [0.1, 0.15) is 22.7 Å². The lowest BCUT2D eigenvalue weighted by Crippen LogP contribution is -2.51. The van der Waals surface area contributed by atoms with Crippen molar-refractivity contribution in [1.82, 2.24) is 0 Å². The summed E-state index contributed by atoms with van der Waals surface area (Å²) in [6.45, 7) is 30.1. The number of carbonyl (C=O) groups excluding carboxylic acids is 1. The fraction of sp³-hybridized carbons (Fsp3) is 0.490. The number of hydrogen-bond donors (Lipinski definition) is 1. The quantitative estimate of drug-likeness (QED) is 0.0810. The summed E-state index contributed by atoms with van der Waals surface area (Å²) in [4.78, 5) is 15.7. The number of phenols is 1. The summed E-state index contributed by atoms with van der Waals surface area (Å²) >= 11 is 6.87. The third kappa shape index (κ3) is 12.4. The minimum atomic E-state index is -3.70. The highest BCUT2D eigenvalue weighted by atomic mass is 32.2. The van der Waals surface area contributed by atoms with E-state index in [9.17, 15) is 22.5 Å². The molecule has 0 amide bonds. The third-order valence-corrected chi connectivity index (χ3v) is 17.1. The zero-order chi connectivity index (χ0) is 47.6. The van der Waals surface area contributed by atoms with E-state index in [2.05, 4.69) is 41.5 Å². The minimum absolute atomic E-state index is 0.0568. The predicted molar refractivity (Wildman–Crippen MR) is 261 cm³/mol. The van der Waals surface area contributed by atoms with Gasteiger partial charge in [0.2, 0.25) is 14.2 Å². The molecule has 0 spiro atoms. The Hall–Kier alpha value is -3.71. The predicted octanol–water partition coefficient (Wildman–Crippen LogP) is 12.8. The molecule has 2 unspecified atom stereocenters. The van der Waals surface area contributed by atoms with Crippen LogP contribution in [0.15, 0.2) is 111 Å². The molecule has 0 aliphatic carbocycles. The number of hydrogen-bond acceptors (Lipinski definition) is 10. The normalized spacial score (nSPS) is 14.5. The van der Waals surface area contributed by atoms with Crippen LogP contribution >= 0.6 is 24.0 Å². The van der Waals surface area contributed by atoms with E-state index in [1.807, 2.05) is 98.7 Å². The van der Waals surface area contributed by atoms with Crippen LogP contribution in [0.4, 0.5) is 0 Å². The van der Waals surface area contributed by atoms with E-state index in [1.165, 1.54) is 11.8 Å². The van der Waals surface area contributed by atoms with Gasteiger partial charge in [-0.15, -0.1) is 0 Å². The standard InChI is InChI=1S/C51H68O8S4/c1-16-57-45(60)61-50(13,14)51(15,44(53)59-46(4,5)6)33-47(7,8)32-36-31-38(52)21-30-43(36)62(54)40-24-19-37(20-25-40)48(9,10)49(11,12)58-39-22-28-42(29-23-39)63(55,56)41-26-17-35(18-27-41)34(2)3/h17-31,34,52H,16,32-33H2,1-15H3. The Morgan fingerprint density at radius 1 is 0.794 bits per heavy atom. The molecule has 0 bridgehead atoms. The molecule has 8 nitrogen and oxygen atoms in total. The summed E-state index contributed by atoms with van der Waals surface area (Å²) in [5.41, 5.74) is -0.864. The number of thioether (sulfide) groups is 1. The summed E-state index contributed by atoms with van der Waals surface area (Å²) in [5, 5.41) is 10.7. The molecule has 0 radical (unpaired) electrons. The number of aromatic hydroxyl groups is 1. The second kappa shape index (κ2) is 19.4. The first-order valence-corrected chi connectivity index (χ1v) is 25.3. The molecule has 0 saturated heterocycles. The Morgan fingerprint density at radius 3 is 1.84 bits per heavy atom. The van der Waals surface area contributed by atoms with Crippen molar-refractivity contribution in [1.29, 1.82) is 0 Å². The van der Waals surface area contributed by atoms with Crippen LogP contribution in [0, 0.1) is 10.8 Å². The average Bonchev–Trinajstić information content (AvgIpc) is 3.16. The van der Waals surface area contributed by atoms with E-state index < -0.39 is 52.8 Å². The molecular formula is C51H68O8S4. The number of sulfone groups is 1. The van der Waals surface area contributed by atoms with E-state index in [4.69, 9.17) is 26.4 Å². The Kier molecular flexibility index (Phi) is 16.0. The van der Waals surface area contributed by atoms with Crippen LogP contribution in [-0.4, -0.2) is 50.6 Å². The Labute approximate surface area is 389 Å². The molecule has 12 heteroatoms. The summed E-state index contributed by atoms with van der Waals surface area (Å²) in [7, 11) is -5.31.